The molecule has 0 aromatic carbocycles. The molecule has 28 heavy (non-hydrogen) atoms. The van der Waals surface area contributed by atoms with Crippen LogP contribution in [0.4, 0.5) is 0 Å². The highest BCUT2D eigenvalue weighted by Crippen LogP contribution is 2.21. The molecule has 0 saturated carbocycles. The molecule has 0 bridgehead atoms. The summed E-state index contributed by atoms with van der Waals surface area (Å²) in [6, 6.07) is -0.726. The molecule has 0 aromatic heterocycles. The van der Waals surface area contributed by atoms with Crippen LogP contribution in [0.2, 0.25) is 0 Å². The Morgan fingerprint density at radius 2 is 1.04 bits per heavy atom. The summed E-state index contributed by atoms with van der Waals surface area (Å²) in [6.45, 7) is 2.29. The van der Waals surface area contributed by atoms with Gasteiger partial charge in [0.05, 0.1) is 0 Å². The van der Waals surface area contributed by atoms with Gasteiger partial charge in [-0.25, -0.2) is 0 Å². The van der Waals surface area contributed by atoms with Crippen LogP contribution in [0, 0.1) is 0 Å². The maximum Gasteiger partial charge on any atom is 0.242 e. The van der Waals surface area contributed by atoms with Crippen molar-refractivity contribution in [1.82, 2.24) is 20.4 Å². The maximum absolute atomic E-state index is 12.5. The van der Waals surface area contributed by atoms with Crippen molar-refractivity contribution in [3.63, 3.8) is 0 Å². The molecule has 3 heterocycles. The Labute approximate surface area is 166 Å². The van der Waals surface area contributed by atoms with Gasteiger partial charge in [0.25, 0.3) is 0 Å². The SMILES string of the molecule is O=C1NCCCCC(=O)N2CCC[C@H]2C(=O)NCCCCC(=O)N2CCC[C@@H]12. The van der Waals surface area contributed by atoms with Crippen molar-refractivity contribution >= 4 is 23.6 Å². The van der Waals surface area contributed by atoms with E-state index in [-0.39, 0.29) is 35.7 Å². The van der Waals surface area contributed by atoms with Crippen LogP contribution in [-0.2, 0) is 19.2 Å². The largest absolute Gasteiger partial charge is 0.354 e. The van der Waals surface area contributed by atoms with Crippen LogP contribution in [-0.4, -0.2) is 71.7 Å². The van der Waals surface area contributed by atoms with Crippen molar-refractivity contribution in [2.75, 3.05) is 26.2 Å². The number of hydrogen-bond donors (Lipinski definition) is 2. The highest BCUT2D eigenvalue weighted by atomic mass is 16.2. The highest BCUT2D eigenvalue weighted by molar-refractivity contribution is 5.89. The molecule has 0 radical (unpaired) electrons. The molecule has 3 fully saturated rings. The van der Waals surface area contributed by atoms with Crippen molar-refractivity contribution in [1.29, 1.82) is 0 Å². The van der Waals surface area contributed by atoms with Gasteiger partial charge in [-0.15, -0.1) is 0 Å². The van der Waals surface area contributed by atoms with Crippen LogP contribution in [0.25, 0.3) is 0 Å². The standard InChI is InChI=1S/C20H32N4O4/c25-17-9-1-3-11-21-19(27)16-8-6-14-24(16)18(26)10-2-4-12-22-20(28)15-7-5-13-23(15)17/h15-16H,1-14H2,(H,21,27)(H,22,28)/t15-,16-/m0/s1. The molecule has 3 aliphatic rings. The van der Waals surface area contributed by atoms with E-state index in [0.717, 1.165) is 12.8 Å². The Balaban J connectivity index is 1.60. The smallest absolute Gasteiger partial charge is 0.242 e. The third-order valence-electron chi connectivity index (χ3n) is 5.98. The fraction of sp³-hybridized carbons (Fsp3) is 0.800. The number of fused-ring (bicyclic) bond motifs is 2. The average molecular weight is 393 g/mol. The second-order valence-electron chi connectivity index (χ2n) is 7.99. The average Bonchev–Trinajstić information content (AvgIpc) is 3.35. The molecule has 8 heteroatoms. The van der Waals surface area contributed by atoms with E-state index in [0.29, 0.717) is 77.5 Å². The Kier molecular flexibility index (Phi) is 7.28. The maximum atomic E-state index is 12.5. The fourth-order valence-electron chi connectivity index (χ4n) is 4.42. The van der Waals surface area contributed by atoms with Crippen LogP contribution >= 0.6 is 0 Å². The first-order valence-corrected chi connectivity index (χ1v) is 10.7. The van der Waals surface area contributed by atoms with Gasteiger partial charge in [0.1, 0.15) is 12.1 Å². The third-order valence-corrected chi connectivity index (χ3v) is 5.98. The molecular weight excluding hydrogens is 360 g/mol. The summed E-state index contributed by atoms with van der Waals surface area (Å²) < 4.78 is 0. The molecule has 0 spiro atoms. The Bertz CT molecular complexity index is 509. The normalized spacial score (nSPS) is 28.9. The second-order valence-corrected chi connectivity index (χ2v) is 7.99. The Morgan fingerprint density at radius 3 is 1.46 bits per heavy atom. The van der Waals surface area contributed by atoms with Crippen molar-refractivity contribution < 1.29 is 19.2 Å². The van der Waals surface area contributed by atoms with E-state index in [1.165, 1.54) is 0 Å². The number of amides is 4. The van der Waals surface area contributed by atoms with E-state index in [1.807, 2.05) is 0 Å². The predicted octanol–water partition coefficient (Wildman–Crippen LogP) is 0.555. The van der Waals surface area contributed by atoms with E-state index < -0.39 is 0 Å². The van der Waals surface area contributed by atoms with E-state index in [2.05, 4.69) is 10.6 Å². The summed E-state index contributed by atoms with van der Waals surface area (Å²) in [7, 11) is 0. The summed E-state index contributed by atoms with van der Waals surface area (Å²) >= 11 is 0. The molecule has 2 atom stereocenters. The Morgan fingerprint density at radius 1 is 0.607 bits per heavy atom. The zero-order chi connectivity index (χ0) is 19.9. The molecule has 3 aliphatic heterocycles. The first-order chi connectivity index (χ1) is 13.6. The van der Waals surface area contributed by atoms with Gasteiger partial charge in [0, 0.05) is 39.0 Å². The number of carbonyl (C=O) groups is 4. The van der Waals surface area contributed by atoms with Crippen molar-refractivity contribution in [3.05, 3.63) is 0 Å². The van der Waals surface area contributed by atoms with Gasteiger partial charge in [0.2, 0.25) is 23.6 Å². The lowest BCUT2D eigenvalue weighted by Gasteiger charge is -2.25. The van der Waals surface area contributed by atoms with Crippen LogP contribution in [0.3, 0.4) is 0 Å². The van der Waals surface area contributed by atoms with Crippen molar-refractivity contribution in [3.8, 4) is 0 Å². The predicted molar refractivity (Wildman–Crippen MR) is 103 cm³/mol. The molecule has 3 rings (SSSR count). The fourth-order valence-corrected chi connectivity index (χ4v) is 4.42. The monoisotopic (exact) mass is 392 g/mol. The molecule has 0 aromatic rings. The van der Waals surface area contributed by atoms with Crippen molar-refractivity contribution in [2.45, 2.75) is 76.3 Å². The first-order valence-electron chi connectivity index (χ1n) is 10.7. The van der Waals surface area contributed by atoms with Gasteiger partial charge in [0.15, 0.2) is 0 Å². The summed E-state index contributed by atoms with van der Waals surface area (Å²) in [5, 5.41) is 5.85. The van der Waals surface area contributed by atoms with Crippen molar-refractivity contribution in [2.24, 2.45) is 0 Å². The summed E-state index contributed by atoms with van der Waals surface area (Å²) in [4.78, 5) is 53.3. The van der Waals surface area contributed by atoms with E-state index >= 15 is 0 Å². The molecule has 3 saturated heterocycles. The van der Waals surface area contributed by atoms with Crippen LogP contribution in [0.1, 0.15) is 64.2 Å². The number of hydrogen-bond acceptors (Lipinski definition) is 4. The van der Waals surface area contributed by atoms with Gasteiger partial charge in [-0.1, -0.05) is 0 Å². The number of rotatable bonds is 0. The van der Waals surface area contributed by atoms with E-state index in [9.17, 15) is 19.2 Å². The molecule has 4 amide bonds. The minimum atomic E-state index is -0.363. The van der Waals surface area contributed by atoms with Gasteiger partial charge in [-0.3, -0.25) is 19.2 Å². The third kappa shape index (κ3) is 5.02. The molecule has 2 N–H and O–H groups in total. The van der Waals surface area contributed by atoms with Gasteiger partial charge >= 0.3 is 0 Å². The lowest BCUT2D eigenvalue weighted by atomic mass is 10.1. The minimum absolute atomic E-state index is 0.0256. The van der Waals surface area contributed by atoms with Gasteiger partial charge in [-0.05, 0) is 51.4 Å². The van der Waals surface area contributed by atoms with Crippen LogP contribution in [0.15, 0.2) is 0 Å². The van der Waals surface area contributed by atoms with E-state index in [4.69, 9.17) is 0 Å². The Hall–Kier alpha value is -2.12. The molecular formula is C20H32N4O4. The van der Waals surface area contributed by atoms with Gasteiger partial charge in [-0.2, -0.15) is 0 Å². The first kappa shape index (κ1) is 20.6. The number of nitrogens with one attached hydrogen (secondary N) is 2. The zero-order valence-electron chi connectivity index (χ0n) is 16.6. The topological polar surface area (TPSA) is 98.8 Å². The zero-order valence-corrected chi connectivity index (χ0v) is 16.6. The summed E-state index contributed by atoms with van der Waals surface area (Å²) in [6.07, 6.45) is 6.70. The van der Waals surface area contributed by atoms with E-state index in [1.54, 1.807) is 9.80 Å². The molecule has 0 unspecified atom stereocenters. The number of nitrogens with zero attached hydrogens (tertiary/aromatic N) is 2. The molecule has 156 valence electrons. The van der Waals surface area contributed by atoms with Crippen LogP contribution in [0.5, 0.6) is 0 Å². The second kappa shape index (κ2) is 9.89. The molecule has 8 nitrogen and oxygen atoms in total. The molecule has 0 aliphatic carbocycles. The quantitative estimate of drug-likeness (QED) is 0.629. The lowest BCUT2D eigenvalue weighted by Crippen LogP contribution is -2.47. The van der Waals surface area contributed by atoms with Crippen LogP contribution < -0.4 is 10.6 Å². The minimum Gasteiger partial charge on any atom is -0.354 e. The summed E-state index contributed by atoms with van der Waals surface area (Å²) in [5.41, 5.74) is 0. The van der Waals surface area contributed by atoms with Gasteiger partial charge < -0.3 is 20.4 Å². The number of carbonyl (C=O) groups excluding carboxylic acids is 4. The summed E-state index contributed by atoms with van der Waals surface area (Å²) in [5.74, 6) is -0.106. The highest BCUT2D eigenvalue weighted by Gasteiger charge is 2.34. The lowest BCUT2D eigenvalue weighted by molar-refractivity contribution is -0.139.